The van der Waals surface area contributed by atoms with Gasteiger partial charge in [-0.2, -0.15) is 5.10 Å². The topological polar surface area (TPSA) is 72.7 Å². The third-order valence-corrected chi connectivity index (χ3v) is 3.85. The number of hydrogen-bond acceptors (Lipinski definition) is 4. The van der Waals surface area contributed by atoms with Crippen molar-refractivity contribution in [2.75, 3.05) is 32.1 Å². The highest BCUT2D eigenvalue weighted by atomic mass is 16.5. The minimum Gasteiger partial charge on any atom is -0.490 e. The highest BCUT2D eigenvalue weighted by Crippen LogP contribution is 2.32. The van der Waals surface area contributed by atoms with Crippen LogP contribution in [0.2, 0.25) is 0 Å². The lowest BCUT2D eigenvalue weighted by Gasteiger charge is -2.14. The van der Waals surface area contributed by atoms with Crippen LogP contribution in [-0.4, -0.2) is 42.5 Å². The first-order valence-corrected chi connectivity index (χ1v) is 8.61. The zero-order valence-electron chi connectivity index (χ0n) is 14.8. The number of fused-ring (bicyclic) bond motifs is 1. The van der Waals surface area contributed by atoms with Crippen molar-refractivity contribution < 1.29 is 9.47 Å². The van der Waals surface area contributed by atoms with Crippen LogP contribution < -0.4 is 20.1 Å². The third-order valence-electron chi connectivity index (χ3n) is 3.85. The van der Waals surface area contributed by atoms with Gasteiger partial charge in [-0.25, -0.2) is 0 Å². The number of rotatable bonds is 5. The Labute approximate surface area is 148 Å². The minimum atomic E-state index is 0.677. The van der Waals surface area contributed by atoms with E-state index in [1.807, 2.05) is 42.2 Å². The van der Waals surface area contributed by atoms with Crippen LogP contribution >= 0.6 is 0 Å². The molecular weight excluding hydrogens is 318 g/mol. The highest BCUT2D eigenvalue weighted by Gasteiger charge is 2.11. The van der Waals surface area contributed by atoms with Crippen LogP contribution in [0.4, 0.5) is 5.69 Å². The van der Waals surface area contributed by atoms with Gasteiger partial charge in [-0.3, -0.25) is 9.67 Å². The molecule has 0 atom stereocenters. The van der Waals surface area contributed by atoms with Crippen molar-refractivity contribution in [3.8, 4) is 11.5 Å². The number of nitrogens with one attached hydrogen (secondary N) is 2. The number of aliphatic imine (C=N–C) groups is 1. The molecule has 0 bridgehead atoms. The molecule has 0 aliphatic carbocycles. The van der Waals surface area contributed by atoms with Crippen LogP contribution in [0.3, 0.4) is 0 Å². The van der Waals surface area contributed by atoms with E-state index < -0.39 is 0 Å². The second-order valence-corrected chi connectivity index (χ2v) is 5.97. The van der Waals surface area contributed by atoms with Crippen molar-refractivity contribution in [3.63, 3.8) is 0 Å². The molecule has 0 fully saturated rings. The van der Waals surface area contributed by atoms with Crippen molar-refractivity contribution in [1.82, 2.24) is 15.1 Å². The van der Waals surface area contributed by atoms with E-state index in [2.05, 4.69) is 20.7 Å². The Bertz CT molecular complexity index is 726. The Morgan fingerprint density at radius 2 is 2.12 bits per heavy atom. The molecule has 1 aliphatic rings. The highest BCUT2D eigenvalue weighted by molar-refractivity contribution is 5.93. The molecule has 134 valence electrons. The van der Waals surface area contributed by atoms with Gasteiger partial charge in [-0.1, -0.05) is 0 Å². The lowest BCUT2D eigenvalue weighted by molar-refractivity contribution is 0.297. The maximum atomic E-state index is 5.72. The van der Waals surface area contributed by atoms with Gasteiger partial charge in [0, 0.05) is 44.5 Å². The number of aromatic nitrogens is 2. The molecule has 0 unspecified atom stereocenters. The molecule has 1 aromatic carbocycles. The van der Waals surface area contributed by atoms with Gasteiger partial charge in [-0.05, 0) is 31.0 Å². The predicted molar refractivity (Wildman–Crippen MR) is 98.6 cm³/mol. The molecule has 2 aromatic rings. The predicted octanol–water partition coefficient (Wildman–Crippen LogP) is 2.43. The first-order valence-electron chi connectivity index (χ1n) is 8.61. The van der Waals surface area contributed by atoms with Gasteiger partial charge in [0.2, 0.25) is 0 Å². The molecule has 0 spiro atoms. The minimum absolute atomic E-state index is 0.677. The number of hydrogen-bond donors (Lipinski definition) is 2. The van der Waals surface area contributed by atoms with E-state index in [9.17, 15) is 0 Å². The SMILES string of the molecule is CN=C(NCCCn1cc(C)cn1)Nc1ccc2c(c1)OCCCO2. The first-order chi connectivity index (χ1) is 12.2. The normalized spacial score (nSPS) is 14.1. The fourth-order valence-corrected chi connectivity index (χ4v) is 2.59. The van der Waals surface area contributed by atoms with Gasteiger partial charge in [-0.15, -0.1) is 0 Å². The Morgan fingerprint density at radius 3 is 2.88 bits per heavy atom. The van der Waals surface area contributed by atoms with E-state index in [-0.39, 0.29) is 0 Å². The largest absolute Gasteiger partial charge is 0.490 e. The maximum absolute atomic E-state index is 5.72. The monoisotopic (exact) mass is 343 g/mol. The van der Waals surface area contributed by atoms with Gasteiger partial charge in [0.15, 0.2) is 17.5 Å². The van der Waals surface area contributed by atoms with Crippen molar-refractivity contribution in [3.05, 3.63) is 36.2 Å². The zero-order valence-corrected chi connectivity index (χ0v) is 14.8. The van der Waals surface area contributed by atoms with Crippen LogP contribution in [0.1, 0.15) is 18.4 Å². The number of ether oxygens (including phenoxy) is 2. The molecule has 0 amide bonds. The van der Waals surface area contributed by atoms with Gasteiger partial charge in [0.05, 0.1) is 19.4 Å². The molecule has 1 aromatic heterocycles. The molecule has 0 radical (unpaired) electrons. The van der Waals surface area contributed by atoms with Gasteiger partial charge in [0.25, 0.3) is 0 Å². The summed E-state index contributed by atoms with van der Waals surface area (Å²) in [7, 11) is 1.76. The van der Waals surface area contributed by atoms with Crippen LogP contribution in [0, 0.1) is 6.92 Å². The standard InChI is InChI=1S/C18H25N5O2/c1-14-12-21-23(13-14)8-3-7-20-18(19-2)22-15-5-6-16-17(11-15)25-10-4-9-24-16/h5-6,11-13H,3-4,7-10H2,1-2H3,(H2,19,20,22). The summed E-state index contributed by atoms with van der Waals surface area (Å²) in [5.41, 5.74) is 2.10. The molecule has 2 heterocycles. The Kier molecular flexibility index (Phi) is 5.77. The lowest BCUT2D eigenvalue weighted by atomic mass is 10.2. The van der Waals surface area contributed by atoms with Gasteiger partial charge < -0.3 is 20.1 Å². The molecule has 0 saturated carbocycles. The fraction of sp³-hybridized carbons (Fsp3) is 0.444. The van der Waals surface area contributed by atoms with Crippen molar-refractivity contribution >= 4 is 11.6 Å². The van der Waals surface area contributed by atoms with Crippen LogP contribution in [-0.2, 0) is 6.54 Å². The van der Waals surface area contributed by atoms with E-state index in [1.54, 1.807) is 7.05 Å². The van der Waals surface area contributed by atoms with Crippen LogP contribution in [0.15, 0.2) is 35.6 Å². The molecule has 7 nitrogen and oxygen atoms in total. The second-order valence-electron chi connectivity index (χ2n) is 5.97. The summed E-state index contributed by atoms with van der Waals surface area (Å²) < 4.78 is 13.3. The summed E-state index contributed by atoms with van der Waals surface area (Å²) in [6.45, 7) is 5.10. The molecular formula is C18H25N5O2. The summed E-state index contributed by atoms with van der Waals surface area (Å²) in [5, 5.41) is 10.9. The summed E-state index contributed by atoms with van der Waals surface area (Å²) >= 11 is 0. The number of anilines is 1. The average molecular weight is 343 g/mol. The fourth-order valence-electron chi connectivity index (χ4n) is 2.59. The Balaban J connectivity index is 1.49. The number of benzene rings is 1. The molecule has 7 heteroatoms. The quantitative estimate of drug-likeness (QED) is 0.496. The molecule has 25 heavy (non-hydrogen) atoms. The van der Waals surface area contributed by atoms with Crippen LogP contribution in [0.25, 0.3) is 0 Å². The Morgan fingerprint density at radius 1 is 1.28 bits per heavy atom. The third kappa shape index (κ3) is 4.89. The van der Waals surface area contributed by atoms with Gasteiger partial charge in [0.1, 0.15) is 0 Å². The molecule has 2 N–H and O–H groups in total. The molecule has 1 aliphatic heterocycles. The van der Waals surface area contributed by atoms with Crippen LogP contribution in [0.5, 0.6) is 11.5 Å². The van der Waals surface area contributed by atoms with Crippen molar-refractivity contribution in [2.45, 2.75) is 26.3 Å². The van der Waals surface area contributed by atoms with E-state index in [0.717, 1.165) is 49.1 Å². The second kappa shape index (κ2) is 8.41. The Hall–Kier alpha value is -2.70. The summed E-state index contributed by atoms with van der Waals surface area (Å²) in [4.78, 5) is 4.26. The lowest BCUT2D eigenvalue weighted by Crippen LogP contribution is -2.31. The van der Waals surface area contributed by atoms with E-state index in [0.29, 0.717) is 13.2 Å². The van der Waals surface area contributed by atoms with E-state index in [1.165, 1.54) is 5.56 Å². The molecule has 0 saturated heterocycles. The maximum Gasteiger partial charge on any atom is 0.195 e. The average Bonchev–Trinajstić information content (AvgIpc) is 2.89. The first kappa shape index (κ1) is 17.1. The summed E-state index contributed by atoms with van der Waals surface area (Å²) in [6, 6.07) is 5.84. The summed E-state index contributed by atoms with van der Waals surface area (Å²) in [6.07, 6.45) is 5.78. The number of nitrogens with zero attached hydrogens (tertiary/aromatic N) is 3. The zero-order chi connectivity index (χ0) is 17.5. The van der Waals surface area contributed by atoms with E-state index >= 15 is 0 Å². The van der Waals surface area contributed by atoms with E-state index in [4.69, 9.17) is 9.47 Å². The molecule has 3 rings (SSSR count). The number of guanidine groups is 1. The van der Waals surface area contributed by atoms with Gasteiger partial charge >= 0.3 is 0 Å². The van der Waals surface area contributed by atoms with Crippen molar-refractivity contribution in [1.29, 1.82) is 0 Å². The summed E-state index contributed by atoms with van der Waals surface area (Å²) in [5.74, 6) is 2.29. The number of aryl methyl sites for hydroxylation is 2. The van der Waals surface area contributed by atoms with Crippen molar-refractivity contribution in [2.24, 2.45) is 4.99 Å². The smallest absolute Gasteiger partial charge is 0.195 e.